The van der Waals surface area contributed by atoms with E-state index >= 15 is 0 Å². The van der Waals surface area contributed by atoms with Crippen molar-refractivity contribution in [2.75, 3.05) is 0 Å². The van der Waals surface area contributed by atoms with Crippen LogP contribution in [0.4, 0.5) is 0 Å². The third-order valence-corrected chi connectivity index (χ3v) is 13.4. The third kappa shape index (κ3) is 7.79. The van der Waals surface area contributed by atoms with Gasteiger partial charge >= 0.3 is 7.12 Å². The monoisotopic (exact) mass is 1010 g/mol. The van der Waals surface area contributed by atoms with Gasteiger partial charge in [0.1, 0.15) is 33.8 Å². The summed E-state index contributed by atoms with van der Waals surface area (Å²) in [5.74, 6) is 0.423. The quantitative estimate of drug-likeness (QED) is 0.103. The van der Waals surface area contributed by atoms with Crippen molar-refractivity contribution in [2.45, 2.75) is 0 Å². The highest BCUT2D eigenvalue weighted by Gasteiger charge is 2.23. The van der Waals surface area contributed by atoms with Crippen molar-refractivity contribution in [3.8, 4) is 44.9 Å². The van der Waals surface area contributed by atoms with E-state index < -0.39 is 31.3 Å². The predicted molar refractivity (Wildman–Crippen MR) is 301 cm³/mol. The standard InChI is InChI=1S/C32H20O2.C20H15BO2.C12H7BrO2/c33-27-15-8-16-28-32(27)26-18-17-21(19-29(26)34-28)31-24-13-6-4-11-22(24)30(20-9-2-1-3-10-20)23-12-5-7-14-25(23)31;22-21(23)20-17-12-6-4-10-15(17)19(14-8-2-1-3-9-14)16-11-5-7-13-18(16)20;13-7-4-5-8-11(6-7)15-10-3-1-2-9(14)12(8)10/h1-19,33H;1-13,22-23H;1-6,14H/i1D,2D,3D,9D,10D;1D,2D,3D,8D,9D;. The molecule has 0 bridgehead atoms. The van der Waals surface area contributed by atoms with Gasteiger partial charge in [0, 0.05) is 15.2 Å². The maximum atomic E-state index is 10.4. The van der Waals surface area contributed by atoms with E-state index in [2.05, 4.69) is 15.9 Å². The Kier molecular flexibility index (Phi) is 8.94. The molecule has 0 aliphatic rings. The number of hydrogen-bond donors (Lipinski definition) is 4. The van der Waals surface area contributed by atoms with Crippen molar-refractivity contribution in [1.29, 1.82) is 0 Å². The van der Waals surface area contributed by atoms with Crippen LogP contribution < -0.4 is 5.46 Å². The Balaban J connectivity index is 0.000000134. The summed E-state index contributed by atoms with van der Waals surface area (Å²) in [6, 6.07) is 48.3. The number of benzene rings is 12. The number of phenols is 2. The molecule has 8 heteroatoms. The highest BCUT2D eigenvalue weighted by atomic mass is 79.9. The number of rotatable bonds is 4. The molecule has 0 unspecified atom stereocenters. The summed E-state index contributed by atoms with van der Waals surface area (Å²) >= 11 is 3.39. The van der Waals surface area contributed by atoms with Crippen LogP contribution in [0.3, 0.4) is 0 Å². The normalized spacial score (nSPS) is 13.3. The van der Waals surface area contributed by atoms with Crippen molar-refractivity contribution in [3.63, 3.8) is 0 Å². The molecule has 4 N–H and O–H groups in total. The molecule has 0 fully saturated rings. The average molecular weight is 1010 g/mol. The Morgan fingerprint density at radius 3 is 1.17 bits per heavy atom. The molecule has 12 aromatic carbocycles. The van der Waals surface area contributed by atoms with Gasteiger partial charge in [-0.05, 0) is 137 Å². The summed E-state index contributed by atoms with van der Waals surface area (Å²) in [4.78, 5) is 0. The van der Waals surface area contributed by atoms with Crippen LogP contribution >= 0.6 is 15.9 Å². The largest absolute Gasteiger partial charge is 0.507 e. The number of halogens is 1. The van der Waals surface area contributed by atoms with Gasteiger partial charge in [-0.1, -0.05) is 192 Å². The maximum absolute atomic E-state index is 10.4. The van der Waals surface area contributed by atoms with Gasteiger partial charge in [0.05, 0.1) is 24.5 Å². The molecule has 0 spiro atoms. The van der Waals surface area contributed by atoms with E-state index in [0.29, 0.717) is 60.3 Å². The van der Waals surface area contributed by atoms with Crippen molar-refractivity contribution < 1.29 is 42.8 Å². The molecule has 0 aliphatic heterocycles. The topological polar surface area (TPSA) is 107 Å². The molecule has 6 nitrogen and oxygen atoms in total. The van der Waals surface area contributed by atoms with E-state index in [0.717, 1.165) is 58.9 Å². The lowest BCUT2D eigenvalue weighted by atomic mass is 9.72. The van der Waals surface area contributed by atoms with E-state index in [1.54, 1.807) is 72.8 Å². The average Bonchev–Trinajstić information content (AvgIpc) is 2.15. The zero-order valence-electron chi connectivity index (χ0n) is 47.7. The fraction of sp³-hybridized carbons (Fsp3) is 0. The lowest BCUT2D eigenvalue weighted by Crippen LogP contribution is -2.31. The van der Waals surface area contributed by atoms with Crippen LogP contribution in [0.1, 0.15) is 13.7 Å². The molecule has 14 rings (SSSR count). The predicted octanol–water partition coefficient (Wildman–Crippen LogP) is 16.3. The van der Waals surface area contributed by atoms with Crippen molar-refractivity contribution in [2.24, 2.45) is 0 Å². The second-order valence-corrected chi connectivity index (χ2v) is 17.9. The minimum Gasteiger partial charge on any atom is -0.507 e. The second-order valence-electron chi connectivity index (χ2n) is 17.0. The van der Waals surface area contributed by atoms with Crippen molar-refractivity contribution >= 4 is 115 Å². The van der Waals surface area contributed by atoms with Gasteiger partial charge in [0.15, 0.2) is 0 Å². The van der Waals surface area contributed by atoms with E-state index in [1.165, 1.54) is 0 Å². The van der Waals surface area contributed by atoms with Crippen molar-refractivity contribution in [1.82, 2.24) is 0 Å². The minimum atomic E-state index is -1.72. The van der Waals surface area contributed by atoms with Crippen LogP contribution in [0.15, 0.2) is 244 Å². The molecule has 344 valence electrons. The van der Waals surface area contributed by atoms with Gasteiger partial charge in [-0.3, -0.25) is 0 Å². The SMILES string of the molecule is Oc1cccc2oc3cc(Br)ccc3c12.[2H]c1c([2H])c([2H])c(-c2c3ccccc3c(-c3ccc4c(c3)oc3cccc(O)c34)c3ccccc23)c([2H])c1[2H].[2H]c1c([2H])c([2H])c(-c2c3ccccc3c(B(O)O)c3ccccc23)c([2H])c1[2H]. The number of phenolic OH excluding ortho intramolecular Hbond substituents is 2. The minimum absolute atomic E-state index is 0.0948. The second kappa shape index (κ2) is 18.6. The number of furan rings is 2. The Labute approximate surface area is 436 Å². The maximum Gasteiger partial charge on any atom is 0.489 e. The van der Waals surface area contributed by atoms with Crippen LogP contribution in [0.25, 0.3) is 120 Å². The van der Waals surface area contributed by atoms with E-state index in [4.69, 9.17) is 22.5 Å². The van der Waals surface area contributed by atoms with Crippen LogP contribution in [0, 0.1) is 0 Å². The molecule has 0 atom stereocenters. The van der Waals surface area contributed by atoms with E-state index in [9.17, 15) is 20.3 Å². The van der Waals surface area contributed by atoms with Crippen LogP contribution in [-0.4, -0.2) is 27.4 Å². The van der Waals surface area contributed by atoms with E-state index in [1.807, 2.05) is 97.1 Å². The van der Waals surface area contributed by atoms with Crippen LogP contribution in [0.2, 0.25) is 0 Å². The molecule has 2 aromatic heterocycles. The molecular formula is C64H42BBrO6. The van der Waals surface area contributed by atoms with Gasteiger partial charge in [-0.15, -0.1) is 0 Å². The van der Waals surface area contributed by atoms with Gasteiger partial charge in [0.2, 0.25) is 0 Å². The first-order valence-electron chi connectivity index (χ1n) is 27.8. The summed E-state index contributed by atoms with van der Waals surface area (Å²) in [6.45, 7) is 0. The van der Waals surface area contributed by atoms with Crippen LogP contribution in [-0.2, 0) is 0 Å². The third-order valence-electron chi connectivity index (χ3n) is 12.9. The highest BCUT2D eigenvalue weighted by molar-refractivity contribution is 9.10. The summed E-state index contributed by atoms with van der Waals surface area (Å²) < 4.78 is 95.4. The first kappa shape index (κ1) is 34.6. The highest BCUT2D eigenvalue weighted by Crippen LogP contribution is 2.45. The number of fused-ring (bicyclic) bond motifs is 10. The summed E-state index contributed by atoms with van der Waals surface area (Å²) in [5, 5.41) is 49.0. The molecule has 0 aliphatic carbocycles. The Hall–Kier alpha value is -8.66. The summed E-state index contributed by atoms with van der Waals surface area (Å²) in [6.07, 6.45) is 0. The lowest BCUT2D eigenvalue weighted by molar-refractivity contribution is 0.426. The molecular weight excluding hydrogens is 955 g/mol. The molecule has 0 saturated heterocycles. The van der Waals surface area contributed by atoms with E-state index in [-0.39, 0.29) is 58.9 Å². The van der Waals surface area contributed by atoms with Crippen molar-refractivity contribution in [3.05, 3.63) is 235 Å². The fourth-order valence-corrected chi connectivity index (χ4v) is 10.3. The molecule has 0 saturated carbocycles. The Bertz CT molecular complexity index is 4820. The van der Waals surface area contributed by atoms with Gasteiger partial charge in [-0.2, -0.15) is 0 Å². The smallest absolute Gasteiger partial charge is 0.489 e. The first-order valence-corrected chi connectivity index (χ1v) is 23.6. The number of hydrogen-bond acceptors (Lipinski definition) is 6. The Morgan fingerprint density at radius 1 is 0.361 bits per heavy atom. The molecule has 2 heterocycles. The number of aromatic hydroxyl groups is 2. The lowest BCUT2D eigenvalue weighted by Gasteiger charge is -2.17. The summed E-state index contributed by atoms with van der Waals surface area (Å²) in [7, 11) is -1.72. The Morgan fingerprint density at radius 2 is 0.736 bits per heavy atom. The van der Waals surface area contributed by atoms with Gasteiger partial charge in [-0.25, -0.2) is 0 Å². The zero-order valence-corrected chi connectivity index (χ0v) is 39.3. The molecule has 72 heavy (non-hydrogen) atoms. The fourth-order valence-electron chi connectivity index (χ4n) is 9.91. The van der Waals surface area contributed by atoms with Gasteiger partial charge in [0.25, 0.3) is 0 Å². The first-order chi connectivity index (χ1) is 39.5. The summed E-state index contributed by atoms with van der Waals surface area (Å²) in [5.41, 5.74) is 6.28. The molecule has 0 radical (unpaired) electrons. The zero-order chi connectivity index (χ0) is 57.6. The molecule has 0 amide bonds. The van der Waals surface area contributed by atoms with Gasteiger partial charge < -0.3 is 29.1 Å². The molecule has 14 aromatic rings. The van der Waals surface area contributed by atoms with Crippen LogP contribution in [0.5, 0.6) is 11.5 Å².